The molecule has 0 rings (SSSR count). The van der Waals surface area contributed by atoms with E-state index in [1.807, 2.05) is 48.6 Å². The Bertz CT molecular complexity index is 586. The summed E-state index contributed by atoms with van der Waals surface area (Å²) in [7, 11) is 0. The van der Waals surface area contributed by atoms with Crippen LogP contribution >= 0.6 is 11.8 Å². The molecule has 170 valence electrons. The van der Waals surface area contributed by atoms with E-state index in [2.05, 4.69) is 6.92 Å². The van der Waals surface area contributed by atoms with Crippen LogP contribution in [0.1, 0.15) is 58.3 Å². The number of aliphatic hydroxyl groups excluding tert-OH is 1. The zero-order chi connectivity index (χ0) is 22.6. The molecule has 3 atom stereocenters. The van der Waals surface area contributed by atoms with Crippen molar-refractivity contribution in [1.29, 1.82) is 0 Å². The van der Waals surface area contributed by atoms with Gasteiger partial charge in [0.15, 0.2) is 0 Å². The lowest BCUT2D eigenvalue weighted by atomic mass is 10.1. The number of allylic oxidation sites excluding steroid dienone is 7. The number of nitrogens with two attached hydrogens (primary N) is 1. The van der Waals surface area contributed by atoms with Gasteiger partial charge >= 0.3 is 11.9 Å². The Hall–Kier alpha value is -1.83. The summed E-state index contributed by atoms with van der Waals surface area (Å²) in [6.45, 7) is 2.11. The van der Waals surface area contributed by atoms with Crippen LogP contribution in [0, 0.1) is 0 Å². The molecule has 0 aliphatic heterocycles. The van der Waals surface area contributed by atoms with Crippen molar-refractivity contribution >= 4 is 23.7 Å². The maximum atomic E-state index is 10.9. The van der Waals surface area contributed by atoms with Gasteiger partial charge in [-0.1, -0.05) is 74.8 Å². The van der Waals surface area contributed by atoms with Crippen LogP contribution in [-0.2, 0) is 9.59 Å². The average molecular weight is 440 g/mol. The van der Waals surface area contributed by atoms with E-state index in [0.717, 1.165) is 32.1 Å². The molecule has 2 unspecified atom stereocenters. The number of hydrogen-bond donors (Lipinski definition) is 4. The lowest BCUT2D eigenvalue weighted by Crippen LogP contribution is -2.34. The fraction of sp³-hybridized carbons (Fsp3) is 0.565. The molecule has 0 aromatic heterocycles. The Morgan fingerprint density at radius 2 is 1.73 bits per heavy atom. The van der Waals surface area contributed by atoms with Gasteiger partial charge in [-0.15, -0.1) is 11.8 Å². The van der Waals surface area contributed by atoms with E-state index in [0.29, 0.717) is 12.8 Å². The summed E-state index contributed by atoms with van der Waals surface area (Å²) in [4.78, 5) is 21.3. The van der Waals surface area contributed by atoms with E-state index >= 15 is 0 Å². The second-order valence-corrected chi connectivity index (χ2v) is 8.21. The zero-order valence-corrected chi connectivity index (χ0v) is 18.7. The Kier molecular flexibility index (Phi) is 18.0. The molecule has 0 aliphatic carbocycles. The first-order chi connectivity index (χ1) is 14.4. The summed E-state index contributed by atoms with van der Waals surface area (Å²) in [6, 6.07) is -0.940. The van der Waals surface area contributed by atoms with Crippen molar-refractivity contribution in [3.05, 3.63) is 48.6 Å². The number of carbonyl (C=O) groups is 2. The molecule has 5 N–H and O–H groups in total. The number of thioether (sulfide) groups is 1. The summed E-state index contributed by atoms with van der Waals surface area (Å²) >= 11 is 1.37. The van der Waals surface area contributed by atoms with Crippen LogP contribution in [0.15, 0.2) is 48.6 Å². The third kappa shape index (κ3) is 17.1. The van der Waals surface area contributed by atoms with Crippen LogP contribution in [0.3, 0.4) is 0 Å². The van der Waals surface area contributed by atoms with E-state index in [4.69, 9.17) is 15.9 Å². The molecular formula is C23H37NO5S. The van der Waals surface area contributed by atoms with Gasteiger partial charge < -0.3 is 21.1 Å². The molecule has 0 spiro atoms. The van der Waals surface area contributed by atoms with Crippen molar-refractivity contribution < 1.29 is 24.9 Å². The quantitative estimate of drug-likeness (QED) is 0.143. The van der Waals surface area contributed by atoms with Crippen molar-refractivity contribution in [3.63, 3.8) is 0 Å². The minimum absolute atomic E-state index is 0.198. The van der Waals surface area contributed by atoms with E-state index in [1.54, 1.807) is 0 Å². The number of hydrogen-bond acceptors (Lipinski definition) is 5. The normalized spacial score (nSPS) is 15.4. The molecular weight excluding hydrogens is 402 g/mol. The molecule has 0 aromatic carbocycles. The van der Waals surface area contributed by atoms with Crippen molar-refractivity contribution in [2.45, 2.75) is 75.7 Å². The third-order valence-corrected chi connectivity index (χ3v) is 5.65. The fourth-order valence-corrected chi connectivity index (χ4v) is 3.60. The number of aliphatic hydroxyl groups is 1. The number of carboxylic acid groups (broad SMARTS) is 2. The first kappa shape index (κ1) is 28.2. The van der Waals surface area contributed by atoms with Gasteiger partial charge in [0.1, 0.15) is 6.04 Å². The summed E-state index contributed by atoms with van der Waals surface area (Å²) in [6.07, 6.45) is 21.1. The second kappa shape index (κ2) is 19.2. The molecule has 0 fully saturated rings. The molecule has 0 radical (unpaired) electrons. The van der Waals surface area contributed by atoms with Crippen molar-refractivity contribution in [3.8, 4) is 0 Å². The van der Waals surface area contributed by atoms with E-state index < -0.39 is 24.1 Å². The molecule has 0 amide bonds. The smallest absolute Gasteiger partial charge is 0.321 e. The highest BCUT2D eigenvalue weighted by Crippen LogP contribution is 2.21. The Morgan fingerprint density at radius 1 is 1.00 bits per heavy atom. The van der Waals surface area contributed by atoms with Gasteiger partial charge in [0.05, 0.1) is 6.10 Å². The molecule has 0 aromatic rings. The molecule has 0 bridgehead atoms. The van der Waals surface area contributed by atoms with Crippen LogP contribution < -0.4 is 5.73 Å². The van der Waals surface area contributed by atoms with Gasteiger partial charge in [0.2, 0.25) is 0 Å². The van der Waals surface area contributed by atoms with Gasteiger partial charge in [-0.25, -0.2) is 0 Å². The van der Waals surface area contributed by atoms with Crippen LogP contribution in [0.2, 0.25) is 0 Å². The molecule has 30 heavy (non-hydrogen) atoms. The Labute approximate surface area is 184 Å². The number of unbranched alkanes of at least 4 members (excludes halogenated alkanes) is 3. The molecule has 0 saturated heterocycles. The predicted octanol–water partition coefficient (Wildman–Crippen LogP) is 4.31. The molecule has 0 aliphatic rings. The van der Waals surface area contributed by atoms with E-state index in [1.165, 1.54) is 11.8 Å². The van der Waals surface area contributed by atoms with Crippen LogP contribution in [0.25, 0.3) is 0 Å². The highest BCUT2D eigenvalue weighted by Gasteiger charge is 2.20. The summed E-state index contributed by atoms with van der Waals surface area (Å²) in [5.41, 5.74) is 5.58. The van der Waals surface area contributed by atoms with Gasteiger partial charge in [-0.05, 0) is 25.7 Å². The van der Waals surface area contributed by atoms with Crippen LogP contribution in [0.4, 0.5) is 0 Å². The lowest BCUT2D eigenvalue weighted by Gasteiger charge is -2.20. The summed E-state index contributed by atoms with van der Waals surface area (Å²) in [5, 5.41) is 27.7. The zero-order valence-electron chi connectivity index (χ0n) is 17.9. The first-order valence-electron chi connectivity index (χ1n) is 10.5. The third-order valence-electron chi connectivity index (χ3n) is 4.24. The molecule has 6 nitrogen and oxygen atoms in total. The van der Waals surface area contributed by atoms with Crippen molar-refractivity contribution in [1.82, 2.24) is 0 Å². The van der Waals surface area contributed by atoms with E-state index in [9.17, 15) is 14.7 Å². The largest absolute Gasteiger partial charge is 0.481 e. The van der Waals surface area contributed by atoms with Gasteiger partial charge in [-0.2, -0.15) is 0 Å². The fourth-order valence-electron chi connectivity index (χ4n) is 2.47. The summed E-state index contributed by atoms with van der Waals surface area (Å²) < 4.78 is 0. The maximum absolute atomic E-state index is 10.9. The minimum Gasteiger partial charge on any atom is -0.481 e. The minimum atomic E-state index is -1.04. The van der Waals surface area contributed by atoms with Gasteiger partial charge in [-0.3, -0.25) is 9.59 Å². The highest BCUT2D eigenvalue weighted by molar-refractivity contribution is 8.00. The van der Waals surface area contributed by atoms with Crippen LogP contribution in [-0.4, -0.2) is 50.4 Å². The second-order valence-electron chi connectivity index (χ2n) is 7.00. The number of rotatable bonds is 18. The van der Waals surface area contributed by atoms with E-state index in [-0.39, 0.29) is 17.4 Å². The number of aliphatic carboxylic acids is 2. The first-order valence-corrected chi connectivity index (χ1v) is 11.6. The summed E-state index contributed by atoms with van der Waals surface area (Å²) in [5.74, 6) is -1.55. The number of carboxylic acids is 2. The standard InChI is InChI=1S/C23H37NO5S/c1-2-3-12-15-20(25)21(30-18-19(24)23(28)29)16-13-10-8-6-4-5-7-9-11-14-17-22(26)27/h4,6-10,13,16,19-21,25H,2-3,5,11-12,14-15,17-18,24H2,1H3,(H,26,27)(H,28,29)/t19?,20-,21?/m0/s1. The van der Waals surface area contributed by atoms with Crippen molar-refractivity contribution in [2.75, 3.05) is 5.75 Å². The molecule has 0 heterocycles. The maximum Gasteiger partial charge on any atom is 0.321 e. The average Bonchev–Trinajstić information content (AvgIpc) is 2.70. The highest BCUT2D eigenvalue weighted by atomic mass is 32.2. The van der Waals surface area contributed by atoms with Gasteiger partial charge in [0.25, 0.3) is 0 Å². The van der Waals surface area contributed by atoms with Gasteiger partial charge in [0, 0.05) is 17.4 Å². The molecule has 0 saturated carbocycles. The lowest BCUT2D eigenvalue weighted by molar-refractivity contribution is -0.138. The van der Waals surface area contributed by atoms with Crippen LogP contribution in [0.5, 0.6) is 0 Å². The Morgan fingerprint density at radius 3 is 2.40 bits per heavy atom. The molecule has 7 heteroatoms. The monoisotopic (exact) mass is 439 g/mol. The SMILES string of the molecule is CCCCC[C@H](O)C(C=CC=CC=CCC=CCCCC(=O)O)SCC(N)C(=O)O. The topological polar surface area (TPSA) is 121 Å². The Balaban J connectivity index is 4.42. The van der Waals surface area contributed by atoms with Crippen molar-refractivity contribution in [2.24, 2.45) is 5.73 Å². The predicted molar refractivity (Wildman–Crippen MR) is 125 cm³/mol.